The summed E-state index contributed by atoms with van der Waals surface area (Å²) in [6.45, 7) is 3.73. The summed E-state index contributed by atoms with van der Waals surface area (Å²) in [5.74, 6) is -0.205. The van der Waals surface area contributed by atoms with Crippen LogP contribution >= 0.6 is 0 Å². The molecule has 7 unspecified atom stereocenters. The third-order valence-electron chi connectivity index (χ3n) is 14.0. The maximum atomic E-state index is 13.0. The van der Waals surface area contributed by atoms with Crippen LogP contribution in [0.4, 0.5) is 0 Å². The van der Waals surface area contributed by atoms with Crippen molar-refractivity contribution in [1.82, 2.24) is 5.32 Å². The molecule has 0 bridgehead atoms. The van der Waals surface area contributed by atoms with Crippen LogP contribution in [-0.4, -0.2) is 87.5 Å². The molecule has 0 aliphatic carbocycles. The van der Waals surface area contributed by atoms with E-state index in [9.17, 15) is 30.3 Å². The van der Waals surface area contributed by atoms with Gasteiger partial charge >= 0.3 is 0 Å². The average molecular weight is 1000 g/mol. The van der Waals surface area contributed by atoms with Gasteiger partial charge in [0.05, 0.1) is 25.4 Å². The zero-order valence-electron chi connectivity index (χ0n) is 46.0. The Morgan fingerprint density at radius 2 is 0.845 bits per heavy atom. The molecule has 1 fully saturated rings. The van der Waals surface area contributed by atoms with Crippen LogP contribution in [0.15, 0.2) is 60.8 Å². The number of carbonyl (C=O) groups excluding carboxylic acids is 1. The van der Waals surface area contributed by atoms with Crippen molar-refractivity contribution < 1.29 is 39.8 Å². The number of carbonyl (C=O) groups is 1. The zero-order valence-corrected chi connectivity index (χ0v) is 46.0. The number of hydrogen-bond acceptors (Lipinski definition) is 8. The first-order chi connectivity index (χ1) is 34.8. The topological polar surface area (TPSA) is 149 Å². The Hall–Kier alpha value is -2.11. The number of aliphatic hydroxyl groups excluding tert-OH is 5. The highest BCUT2D eigenvalue weighted by Crippen LogP contribution is 2.23. The minimum absolute atomic E-state index is 0.205. The fraction of sp³-hybridized carbons (Fsp3) is 0.823. The molecule has 6 N–H and O–H groups in total. The van der Waals surface area contributed by atoms with Crippen molar-refractivity contribution in [3.63, 3.8) is 0 Å². The van der Waals surface area contributed by atoms with Crippen molar-refractivity contribution in [2.45, 2.75) is 314 Å². The average Bonchev–Trinajstić information content (AvgIpc) is 3.37. The Labute approximate surface area is 436 Å². The van der Waals surface area contributed by atoms with Crippen molar-refractivity contribution in [3.8, 4) is 0 Å². The molecular weight excluding hydrogens is 887 g/mol. The van der Waals surface area contributed by atoms with E-state index in [1.165, 1.54) is 180 Å². The Morgan fingerprint density at radius 1 is 0.479 bits per heavy atom. The first-order valence-corrected chi connectivity index (χ1v) is 30.0. The maximum Gasteiger partial charge on any atom is 0.220 e. The lowest BCUT2D eigenvalue weighted by atomic mass is 9.99. The summed E-state index contributed by atoms with van der Waals surface area (Å²) in [5.41, 5.74) is 0. The number of hydrogen-bond donors (Lipinski definition) is 6. The maximum absolute atomic E-state index is 13.0. The van der Waals surface area contributed by atoms with E-state index in [4.69, 9.17) is 9.47 Å². The van der Waals surface area contributed by atoms with Gasteiger partial charge in [-0.15, -0.1) is 0 Å². The van der Waals surface area contributed by atoms with Crippen LogP contribution in [-0.2, 0) is 14.3 Å². The van der Waals surface area contributed by atoms with Crippen LogP contribution in [0.25, 0.3) is 0 Å². The lowest BCUT2D eigenvalue weighted by Crippen LogP contribution is -2.60. The number of allylic oxidation sites excluding steroid dienone is 9. The number of rotatable bonds is 51. The van der Waals surface area contributed by atoms with Crippen molar-refractivity contribution in [2.75, 3.05) is 13.2 Å². The first-order valence-electron chi connectivity index (χ1n) is 30.0. The van der Waals surface area contributed by atoms with Gasteiger partial charge in [-0.1, -0.05) is 248 Å². The quantitative estimate of drug-likeness (QED) is 0.0261. The molecule has 0 aromatic heterocycles. The van der Waals surface area contributed by atoms with Gasteiger partial charge in [-0.3, -0.25) is 4.79 Å². The van der Waals surface area contributed by atoms with Gasteiger partial charge in [0.15, 0.2) is 6.29 Å². The molecule has 0 aromatic rings. The minimum Gasteiger partial charge on any atom is -0.394 e. The van der Waals surface area contributed by atoms with Crippen LogP contribution in [0, 0.1) is 0 Å². The van der Waals surface area contributed by atoms with E-state index < -0.39 is 49.5 Å². The van der Waals surface area contributed by atoms with E-state index in [1.54, 1.807) is 6.08 Å². The summed E-state index contributed by atoms with van der Waals surface area (Å²) in [6, 6.07) is -0.838. The Morgan fingerprint density at radius 3 is 1.30 bits per heavy atom. The normalized spacial score (nSPS) is 19.7. The van der Waals surface area contributed by atoms with Gasteiger partial charge in [0.1, 0.15) is 24.4 Å². The molecule has 414 valence electrons. The molecule has 7 atom stereocenters. The summed E-state index contributed by atoms with van der Waals surface area (Å²) >= 11 is 0. The Balaban J connectivity index is 2.19. The fourth-order valence-electron chi connectivity index (χ4n) is 9.28. The van der Waals surface area contributed by atoms with Crippen LogP contribution in [0.3, 0.4) is 0 Å². The lowest BCUT2D eigenvalue weighted by Gasteiger charge is -2.40. The highest BCUT2D eigenvalue weighted by Gasteiger charge is 2.44. The minimum atomic E-state index is -1.58. The molecule has 71 heavy (non-hydrogen) atoms. The SMILES string of the molecule is CCCCC/C=C\C/C=C\CCCCCCCC(=O)NC(COC1OC(CO)C(O)C(O)C1O)C(O)/C=C/CC/C=C/CC/C=C/CCCCCCCCCCCCCCCCCCCCCCCCC. The molecule has 0 saturated carbocycles. The largest absolute Gasteiger partial charge is 0.394 e. The number of aliphatic hydroxyl groups is 5. The molecule has 1 amide bonds. The molecule has 1 aliphatic heterocycles. The molecule has 0 radical (unpaired) electrons. The summed E-state index contributed by atoms with van der Waals surface area (Å²) in [6.07, 6.45) is 63.2. The molecular formula is C62H113NO8. The molecule has 0 aromatic carbocycles. The van der Waals surface area contributed by atoms with E-state index in [0.29, 0.717) is 6.42 Å². The zero-order chi connectivity index (χ0) is 51.5. The van der Waals surface area contributed by atoms with Gasteiger partial charge in [0, 0.05) is 6.42 Å². The Kier molecular flexibility index (Phi) is 48.4. The second-order valence-electron chi connectivity index (χ2n) is 20.8. The summed E-state index contributed by atoms with van der Waals surface area (Å²) in [4.78, 5) is 13.0. The number of ether oxygens (including phenoxy) is 2. The summed E-state index contributed by atoms with van der Waals surface area (Å²) in [7, 11) is 0. The molecule has 0 spiro atoms. The third-order valence-corrected chi connectivity index (χ3v) is 14.0. The summed E-state index contributed by atoms with van der Waals surface area (Å²) in [5, 5.41) is 54.4. The molecule has 1 heterocycles. The second kappa shape index (κ2) is 51.4. The van der Waals surface area contributed by atoms with Crippen LogP contribution in [0.2, 0.25) is 0 Å². The smallest absolute Gasteiger partial charge is 0.220 e. The highest BCUT2D eigenvalue weighted by molar-refractivity contribution is 5.76. The fourth-order valence-corrected chi connectivity index (χ4v) is 9.28. The second-order valence-corrected chi connectivity index (χ2v) is 20.8. The standard InChI is InChI=1S/C62H113NO8/c1-3-5-7-9-11-13-15-17-19-20-21-22-23-24-25-26-27-28-29-30-31-32-33-34-35-36-38-39-41-43-45-47-49-51-56(65)55(54-70-62-61(69)60(68)59(67)57(53-64)71-62)63-58(66)52-50-48-46-44-42-40-37-18-16-14-12-10-8-6-4-2/h12,14,18,35-37,41,43,49,51,55-57,59-62,64-65,67-69H,3-11,13,15-17,19-34,38-40,42,44-48,50,52-54H2,1-2H3,(H,63,66)/b14-12-,36-35+,37-18-,43-41+,51-49+. The van der Waals surface area contributed by atoms with Crippen molar-refractivity contribution in [3.05, 3.63) is 60.8 Å². The van der Waals surface area contributed by atoms with Gasteiger partial charge in [0.2, 0.25) is 5.91 Å². The molecule has 9 nitrogen and oxygen atoms in total. The van der Waals surface area contributed by atoms with Gasteiger partial charge in [-0.05, 0) is 77.0 Å². The van der Waals surface area contributed by atoms with Crippen molar-refractivity contribution in [2.24, 2.45) is 0 Å². The Bertz CT molecular complexity index is 1300. The molecule has 1 saturated heterocycles. The summed E-state index contributed by atoms with van der Waals surface area (Å²) < 4.78 is 11.2. The van der Waals surface area contributed by atoms with E-state index >= 15 is 0 Å². The number of amides is 1. The van der Waals surface area contributed by atoms with Gasteiger partial charge in [-0.2, -0.15) is 0 Å². The van der Waals surface area contributed by atoms with Gasteiger partial charge in [-0.25, -0.2) is 0 Å². The third kappa shape index (κ3) is 40.9. The van der Waals surface area contributed by atoms with Crippen LogP contribution < -0.4 is 5.32 Å². The van der Waals surface area contributed by atoms with E-state index in [1.807, 2.05) is 6.08 Å². The molecule has 1 aliphatic rings. The van der Waals surface area contributed by atoms with E-state index in [2.05, 4.69) is 67.8 Å². The monoisotopic (exact) mass is 1000 g/mol. The van der Waals surface area contributed by atoms with E-state index in [-0.39, 0.29) is 12.5 Å². The number of unbranched alkanes of at least 4 members (excludes halogenated alkanes) is 33. The predicted octanol–water partition coefficient (Wildman–Crippen LogP) is 15.1. The first kappa shape index (κ1) is 66.9. The van der Waals surface area contributed by atoms with Gasteiger partial charge in [0.25, 0.3) is 0 Å². The lowest BCUT2D eigenvalue weighted by molar-refractivity contribution is -0.302. The number of nitrogens with one attached hydrogen (secondary N) is 1. The molecule has 9 heteroatoms. The molecule has 1 rings (SSSR count). The van der Waals surface area contributed by atoms with Crippen LogP contribution in [0.5, 0.6) is 0 Å². The highest BCUT2D eigenvalue weighted by atomic mass is 16.7. The van der Waals surface area contributed by atoms with Crippen LogP contribution in [0.1, 0.15) is 271 Å². The van der Waals surface area contributed by atoms with Crippen molar-refractivity contribution in [1.29, 1.82) is 0 Å². The van der Waals surface area contributed by atoms with E-state index in [0.717, 1.165) is 70.6 Å². The predicted molar refractivity (Wildman–Crippen MR) is 299 cm³/mol. The van der Waals surface area contributed by atoms with Crippen molar-refractivity contribution >= 4 is 5.91 Å². The van der Waals surface area contributed by atoms with Gasteiger partial charge < -0.3 is 40.3 Å².